The van der Waals surface area contributed by atoms with Crippen molar-refractivity contribution in [1.82, 2.24) is 0 Å². The number of nitrogens with zero attached hydrogens (tertiary/aromatic N) is 1. The van der Waals surface area contributed by atoms with Gasteiger partial charge in [0.15, 0.2) is 0 Å². The van der Waals surface area contributed by atoms with Gasteiger partial charge in [0.2, 0.25) is 5.90 Å². The Morgan fingerprint density at radius 3 is 2.35 bits per heavy atom. The van der Waals surface area contributed by atoms with Crippen molar-refractivity contribution < 1.29 is 9.53 Å². The first-order valence-electron chi connectivity index (χ1n) is 7.85. The highest BCUT2D eigenvalue weighted by Gasteiger charge is 2.30. The van der Waals surface area contributed by atoms with Crippen molar-refractivity contribution in [3.8, 4) is 0 Å². The Hall–Kier alpha value is -2.42. The van der Waals surface area contributed by atoms with E-state index in [4.69, 9.17) is 4.74 Å². The molecular weight excluding hydrogens is 286 g/mol. The number of hydrogen-bond donors (Lipinski definition) is 0. The highest BCUT2D eigenvalue weighted by atomic mass is 16.5. The topological polar surface area (TPSA) is 38.7 Å². The van der Waals surface area contributed by atoms with Crippen molar-refractivity contribution in [3.05, 3.63) is 71.3 Å². The monoisotopic (exact) mass is 307 g/mol. The minimum Gasteiger partial charge on any atom is -0.475 e. The van der Waals surface area contributed by atoms with Gasteiger partial charge in [0, 0.05) is 5.56 Å². The van der Waals surface area contributed by atoms with Crippen molar-refractivity contribution in [1.29, 1.82) is 0 Å². The third-order valence-electron chi connectivity index (χ3n) is 4.01. The third-order valence-corrected chi connectivity index (χ3v) is 4.01. The fourth-order valence-electron chi connectivity index (χ4n) is 2.94. The standard InChI is InChI=1S/C20H21NO2/c1-14(22)18(15-9-5-4-6-10-15)16-11-7-8-12-17(16)19-21-20(2,3)13-23-19/h4-12,18H,13H2,1-3H3. The Labute approximate surface area is 137 Å². The lowest BCUT2D eigenvalue weighted by Crippen LogP contribution is -2.17. The number of rotatable bonds is 4. The Bertz CT molecular complexity index is 747. The van der Waals surface area contributed by atoms with Crippen LogP contribution in [0.1, 0.15) is 43.4 Å². The van der Waals surface area contributed by atoms with Gasteiger partial charge in [-0.25, -0.2) is 4.99 Å². The van der Waals surface area contributed by atoms with Crippen LogP contribution in [-0.4, -0.2) is 23.8 Å². The van der Waals surface area contributed by atoms with E-state index in [-0.39, 0.29) is 17.2 Å². The summed E-state index contributed by atoms with van der Waals surface area (Å²) >= 11 is 0. The molecule has 3 rings (SSSR count). The van der Waals surface area contributed by atoms with Gasteiger partial charge in [-0.1, -0.05) is 48.5 Å². The average molecular weight is 307 g/mol. The van der Waals surface area contributed by atoms with Crippen LogP contribution in [0.4, 0.5) is 0 Å². The predicted octanol–water partition coefficient (Wildman–Crippen LogP) is 3.96. The molecule has 0 saturated carbocycles. The van der Waals surface area contributed by atoms with Crippen LogP contribution in [0.2, 0.25) is 0 Å². The van der Waals surface area contributed by atoms with Crippen LogP contribution in [0.5, 0.6) is 0 Å². The van der Waals surface area contributed by atoms with E-state index in [0.717, 1.165) is 16.7 Å². The first-order valence-corrected chi connectivity index (χ1v) is 7.85. The largest absolute Gasteiger partial charge is 0.475 e. The van der Waals surface area contributed by atoms with Crippen LogP contribution in [0.3, 0.4) is 0 Å². The van der Waals surface area contributed by atoms with Gasteiger partial charge >= 0.3 is 0 Å². The van der Waals surface area contributed by atoms with E-state index in [1.807, 2.05) is 68.4 Å². The van der Waals surface area contributed by atoms with Gasteiger partial charge in [-0.05, 0) is 38.0 Å². The molecule has 118 valence electrons. The summed E-state index contributed by atoms with van der Waals surface area (Å²) in [6.07, 6.45) is 0. The normalized spacial score (nSPS) is 17.3. The van der Waals surface area contributed by atoms with E-state index < -0.39 is 0 Å². The number of aliphatic imine (C=N–C) groups is 1. The van der Waals surface area contributed by atoms with Crippen LogP contribution in [-0.2, 0) is 9.53 Å². The van der Waals surface area contributed by atoms with E-state index >= 15 is 0 Å². The Morgan fingerprint density at radius 1 is 1.09 bits per heavy atom. The summed E-state index contributed by atoms with van der Waals surface area (Å²) in [4.78, 5) is 17.0. The molecule has 1 unspecified atom stereocenters. The Kier molecular flexibility index (Phi) is 4.03. The fraction of sp³-hybridized carbons (Fsp3) is 0.300. The zero-order valence-corrected chi connectivity index (χ0v) is 13.7. The van der Waals surface area contributed by atoms with E-state index in [9.17, 15) is 4.79 Å². The van der Waals surface area contributed by atoms with Gasteiger partial charge in [0.1, 0.15) is 12.4 Å². The SMILES string of the molecule is CC(=O)C(c1ccccc1)c1ccccc1C1=NC(C)(C)CO1. The second kappa shape index (κ2) is 5.99. The lowest BCUT2D eigenvalue weighted by molar-refractivity contribution is -0.117. The first-order chi connectivity index (χ1) is 11.0. The van der Waals surface area contributed by atoms with Crippen LogP contribution in [0.15, 0.2) is 59.6 Å². The van der Waals surface area contributed by atoms with Gasteiger partial charge in [0.05, 0.1) is 11.5 Å². The maximum absolute atomic E-state index is 12.4. The third kappa shape index (κ3) is 3.19. The second-order valence-corrected chi connectivity index (χ2v) is 6.56. The van der Waals surface area contributed by atoms with Gasteiger partial charge in [-0.15, -0.1) is 0 Å². The van der Waals surface area contributed by atoms with Gasteiger partial charge < -0.3 is 4.74 Å². The van der Waals surface area contributed by atoms with E-state index in [2.05, 4.69) is 4.99 Å². The molecule has 0 bridgehead atoms. The number of Topliss-reactive ketones (excluding diaryl/α,β-unsaturated/α-hetero) is 1. The van der Waals surface area contributed by atoms with Crippen LogP contribution in [0, 0.1) is 0 Å². The van der Waals surface area contributed by atoms with Crippen LogP contribution in [0.25, 0.3) is 0 Å². The molecule has 2 aromatic carbocycles. The molecule has 2 aromatic rings. The lowest BCUT2D eigenvalue weighted by atomic mass is 9.85. The molecular formula is C20H21NO2. The van der Waals surface area contributed by atoms with E-state index in [0.29, 0.717) is 12.5 Å². The minimum atomic E-state index is -0.303. The summed E-state index contributed by atoms with van der Waals surface area (Å²) in [5.74, 6) is 0.441. The molecule has 1 aliphatic heterocycles. The number of benzene rings is 2. The van der Waals surface area contributed by atoms with Gasteiger partial charge in [-0.3, -0.25) is 4.79 Å². The average Bonchev–Trinajstić information content (AvgIpc) is 2.89. The van der Waals surface area contributed by atoms with E-state index in [1.165, 1.54) is 0 Å². The highest BCUT2D eigenvalue weighted by molar-refractivity contribution is 5.99. The molecule has 0 spiro atoms. The maximum Gasteiger partial charge on any atom is 0.217 e. The predicted molar refractivity (Wildman–Crippen MR) is 92.0 cm³/mol. The van der Waals surface area contributed by atoms with Gasteiger partial charge in [-0.2, -0.15) is 0 Å². The number of ketones is 1. The van der Waals surface area contributed by atoms with Crippen molar-refractivity contribution in [3.63, 3.8) is 0 Å². The molecule has 0 aromatic heterocycles. The maximum atomic E-state index is 12.4. The summed E-state index contributed by atoms with van der Waals surface area (Å²) in [6, 6.07) is 17.7. The zero-order valence-electron chi connectivity index (χ0n) is 13.7. The molecule has 3 heteroatoms. The summed E-state index contributed by atoms with van der Waals surface area (Å²) < 4.78 is 5.80. The molecule has 3 nitrogen and oxygen atoms in total. The quantitative estimate of drug-likeness (QED) is 0.857. The lowest BCUT2D eigenvalue weighted by Gasteiger charge is -2.18. The number of hydrogen-bond acceptors (Lipinski definition) is 3. The van der Waals surface area contributed by atoms with E-state index in [1.54, 1.807) is 6.92 Å². The van der Waals surface area contributed by atoms with Crippen molar-refractivity contribution in [2.45, 2.75) is 32.2 Å². The first kappa shape index (κ1) is 15.5. The second-order valence-electron chi connectivity index (χ2n) is 6.56. The number of carbonyl (C=O) groups excluding carboxylic acids is 1. The molecule has 0 fully saturated rings. The molecule has 0 saturated heterocycles. The van der Waals surface area contributed by atoms with Crippen molar-refractivity contribution >= 4 is 11.7 Å². The van der Waals surface area contributed by atoms with Crippen molar-refractivity contribution in [2.75, 3.05) is 6.61 Å². The van der Waals surface area contributed by atoms with Gasteiger partial charge in [0.25, 0.3) is 0 Å². The zero-order chi connectivity index (χ0) is 16.4. The molecule has 0 N–H and O–H groups in total. The minimum absolute atomic E-state index is 0.113. The Balaban J connectivity index is 2.11. The summed E-state index contributed by atoms with van der Waals surface area (Å²) in [5, 5.41) is 0. The molecule has 0 amide bonds. The Morgan fingerprint density at radius 2 is 1.74 bits per heavy atom. The van der Waals surface area contributed by atoms with Crippen LogP contribution >= 0.6 is 0 Å². The summed E-state index contributed by atoms with van der Waals surface area (Å²) in [5.41, 5.74) is 2.62. The molecule has 23 heavy (non-hydrogen) atoms. The molecule has 1 aliphatic rings. The smallest absolute Gasteiger partial charge is 0.217 e. The number of carbonyl (C=O) groups is 1. The molecule has 1 atom stereocenters. The van der Waals surface area contributed by atoms with Crippen molar-refractivity contribution in [2.24, 2.45) is 4.99 Å². The molecule has 0 aliphatic carbocycles. The fourth-order valence-corrected chi connectivity index (χ4v) is 2.94. The summed E-state index contributed by atoms with van der Waals surface area (Å²) in [7, 11) is 0. The summed E-state index contributed by atoms with van der Waals surface area (Å²) in [6.45, 7) is 6.28. The molecule has 0 radical (unpaired) electrons. The highest BCUT2D eigenvalue weighted by Crippen LogP contribution is 2.31. The van der Waals surface area contributed by atoms with Crippen LogP contribution < -0.4 is 0 Å². The number of ether oxygens (including phenoxy) is 1. The molecule has 1 heterocycles.